The summed E-state index contributed by atoms with van der Waals surface area (Å²) in [5.74, 6) is -4.59. The van der Waals surface area contributed by atoms with E-state index < -0.39 is 63.4 Å². The van der Waals surface area contributed by atoms with Crippen molar-refractivity contribution in [3.8, 4) is 0 Å². The highest BCUT2D eigenvalue weighted by molar-refractivity contribution is 5.95. The van der Waals surface area contributed by atoms with Crippen LogP contribution >= 0.6 is 0 Å². The van der Waals surface area contributed by atoms with Gasteiger partial charge in [-0.05, 0) is 88.7 Å². The van der Waals surface area contributed by atoms with Crippen LogP contribution in [0.5, 0.6) is 0 Å². The molecule has 10 atom stereocenters. The molecule has 0 saturated heterocycles. The largest absolute Gasteiger partial charge is 0.430 e. The molecule has 0 aromatic rings. The molecule has 4 rings (SSSR count). The van der Waals surface area contributed by atoms with Crippen LogP contribution in [0, 0.1) is 28.6 Å². The summed E-state index contributed by atoms with van der Waals surface area (Å²) in [6.45, 7) is 9.52. The first-order valence-electron chi connectivity index (χ1n) is 13.9. The Morgan fingerprint density at radius 1 is 1.03 bits per heavy atom. The molecule has 4 aliphatic carbocycles. The second kappa shape index (κ2) is 9.08. The molecule has 9 heteroatoms. The van der Waals surface area contributed by atoms with Gasteiger partial charge in [-0.25, -0.2) is 0 Å². The van der Waals surface area contributed by atoms with Crippen LogP contribution in [0.4, 0.5) is 0 Å². The Labute approximate surface area is 224 Å². The lowest BCUT2D eigenvalue weighted by atomic mass is 9.45. The predicted octanol–water partition coefficient (Wildman–Crippen LogP) is 1.74. The van der Waals surface area contributed by atoms with Gasteiger partial charge in [-0.15, -0.1) is 0 Å². The Morgan fingerprint density at radius 3 is 2.24 bits per heavy atom. The lowest BCUT2D eigenvalue weighted by Gasteiger charge is -2.61. The van der Waals surface area contributed by atoms with Gasteiger partial charge in [-0.3, -0.25) is 9.59 Å². The van der Waals surface area contributed by atoms with Gasteiger partial charge < -0.3 is 35.4 Å². The van der Waals surface area contributed by atoms with Crippen molar-refractivity contribution < 1.29 is 45.0 Å². The van der Waals surface area contributed by atoms with Crippen molar-refractivity contribution in [1.29, 1.82) is 0 Å². The molecule has 0 spiro atoms. The number of carbonyl (C=O) groups is 2. The number of fused-ring (bicyclic) bond motifs is 5. The summed E-state index contributed by atoms with van der Waals surface area (Å²) in [7, 11) is 0. The molecule has 0 heterocycles. The third kappa shape index (κ3) is 4.29. The van der Waals surface area contributed by atoms with Gasteiger partial charge >= 0.3 is 5.97 Å². The van der Waals surface area contributed by atoms with Crippen LogP contribution in [-0.4, -0.2) is 77.2 Å². The van der Waals surface area contributed by atoms with E-state index in [1.807, 2.05) is 13.8 Å². The monoisotopic (exact) mass is 538 g/mol. The average molecular weight is 539 g/mol. The van der Waals surface area contributed by atoms with Gasteiger partial charge in [0.15, 0.2) is 5.78 Å². The van der Waals surface area contributed by atoms with Crippen molar-refractivity contribution in [3.63, 3.8) is 0 Å². The number of aliphatic hydroxyl groups excluding tert-OH is 2. The number of hydrogen-bond donors (Lipinski definition) is 6. The molecule has 0 radical (unpaired) electrons. The first-order chi connectivity index (χ1) is 17.2. The third-order valence-corrected chi connectivity index (χ3v) is 11.0. The molecule has 0 aliphatic heterocycles. The van der Waals surface area contributed by atoms with Crippen LogP contribution < -0.4 is 0 Å². The maximum Gasteiger partial charge on any atom is 0.305 e. The van der Waals surface area contributed by atoms with Crippen molar-refractivity contribution >= 4 is 11.8 Å². The van der Waals surface area contributed by atoms with E-state index in [-0.39, 0.29) is 43.8 Å². The molecule has 38 heavy (non-hydrogen) atoms. The van der Waals surface area contributed by atoms with E-state index in [4.69, 9.17) is 4.74 Å². The summed E-state index contributed by atoms with van der Waals surface area (Å²) in [5, 5.41) is 67.1. The molecule has 9 nitrogen and oxygen atoms in total. The van der Waals surface area contributed by atoms with E-state index in [0.717, 1.165) is 6.92 Å². The van der Waals surface area contributed by atoms with Gasteiger partial charge in [0.05, 0.1) is 23.4 Å². The minimum Gasteiger partial charge on any atom is -0.430 e. The smallest absolute Gasteiger partial charge is 0.305 e. The van der Waals surface area contributed by atoms with Crippen molar-refractivity contribution in [2.75, 3.05) is 0 Å². The number of carbonyl (C=O) groups excluding carboxylic acids is 2. The Balaban J connectivity index is 1.73. The fourth-order valence-electron chi connectivity index (χ4n) is 8.66. The summed E-state index contributed by atoms with van der Waals surface area (Å²) in [6.07, 6.45) is 1.52. The number of esters is 1. The van der Waals surface area contributed by atoms with Crippen molar-refractivity contribution in [3.05, 3.63) is 11.6 Å². The highest BCUT2D eigenvalue weighted by Crippen LogP contribution is 2.69. The first kappa shape index (κ1) is 29.6. The van der Waals surface area contributed by atoms with Gasteiger partial charge in [0.1, 0.15) is 5.60 Å². The molecule has 0 aromatic carbocycles. The quantitative estimate of drug-likeness (QED) is 0.218. The van der Waals surface area contributed by atoms with E-state index >= 15 is 0 Å². The molecule has 6 N–H and O–H groups in total. The second-order valence-electron chi connectivity index (χ2n) is 13.9. The van der Waals surface area contributed by atoms with Crippen LogP contribution in [0.2, 0.25) is 0 Å². The molecular formula is C29H46O9. The molecule has 3 fully saturated rings. The van der Waals surface area contributed by atoms with Gasteiger partial charge in [0.2, 0.25) is 5.79 Å². The number of allylic oxidation sites excluding steroid dienone is 1. The van der Waals surface area contributed by atoms with Gasteiger partial charge in [-0.1, -0.05) is 13.8 Å². The number of rotatable bonds is 6. The average Bonchev–Trinajstić information content (AvgIpc) is 3.05. The molecule has 3 saturated carbocycles. The predicted molar refractivity (Wildman–Crippen MR) is 137 cm³/mol. The Hall–Kier alpha value is -1.36. The topological polar surface area (TPSA) is 165 Å². The fraction of sp³-hybridized carbons (Fsp3) is 0.862. The Bertz CT molecular complexity index is 1010. The third-order valence-electron chi connectivity index (χ3n) is 11.0. The maximum absolute atomic E-state index is 13.4. The number of ether oxygens (including phenoxy) is 1. The van der Waals surface area contributed by atoms with Crippen molar-refractivity contribution in [1.82, 2.24) is 0 Å². The van der Waals surface area contributed by atoms with E-state index in [9.17, 15) is 40.2 Å². The first-order valence-corrected chi connectivity index (χ1v) is 13.9. The van der Waals surface area contributed by atoms with E-state index in [2.05, 4.69) is 0 Å². The second-order valence-corrected chi connectivity index (χ2v) is 13.9. The molecule has 0 bridgehead atoms. The Kier molecular flexibility index (Phi) is 7.07. The SMILES string of the molecule is CC(=O)O[C@@](O)(CCC(C)(C)O)[C@](C)(O)[C@H]1CC[C@@]2(O)C3=CC(=O)[C@H]4C[C@@H](O)[C@@H](O)C[C@]4(C)[C@H]3CC[C@]12C. The van der Waals surface area contributed by atoms with Gasteiger partial charge in [0.25, 0.3) is 0 Å². The fourth-order valence-corrected chi connectivity index (χ4v) is 8.66. The maximum atomic E-state index is 13.4. The minimum atomic E-state index is -2.31. The van der Waals surface area contributed by atoms with Crippen LogP contribution in [0.3, 0.4) is 0 Å². The minimum absolute atomic E-state index is 0.0519. The van der Waals surface area contributed by atoms with Crippen LogP contribution in [0.25, 0.3) is 0 Å². The molecule has 4 aliphatic rings. The molecule has 0 aromatic heterocycles. The highest BCUT2D eigenvalue weighted by Gasteiger charge is 2.71. The van der Waals surface area contributed by atoms with E-state index in [1.165, 1.54) is 13.0 Å². The zero-order valence-electron chi connectivity index (χ0n) is 23.5. The number of ketones is 1. The standard InChI is InChI=1S/C29H46O9/c1-16(30)38-29(37,12-11-24(2,3)34)27(6,35)23-8-10-28(36)18-13-20(31)19-14-21(32)22(33)15-25(19,4)17(18)7-9-26(23,28)5/h13,17,19,21-23,32-37H,7-12,14-15H2,1-6H3/t17-,19+,21+,22-,23-,25+,26+,27+,28+,29-/m0/s1. The summed E-state index contributed by atoms with van der Waals surface area (Å²) in [6, 6.07) is 0. The zero-order chi connectivity index (χ0) is 28.7. The van der Waals surface area contributed by atoms with Gasteiger partial charge in [0, 0.05) is 30.6 Å². The van der Waals surface area contributed by atoms with Gasteiger partial charge in [-0.2, -0.15) is 0 Å². The van der Waals surface area contributed by atoms with Crippen LogP contribution in [-0.2, 0) is 14.3 Å². The van der Waals surface area contributed by atoms with Crippen molar-refractivity contribution in [2.24, 2.45) is 28.6 Å². The van der Waals surface area contributed by atoms with Crippen LogP contribution in [0.1, 0.15) is 92.9 Å². The summed E-state index contributed by atoms with van der Waals surface area (Å²) < 4.78 is 5.35. The molecule has 0 amide bonds. The molecule has 216 valence electrons. The summed E-state index contributed by atoms with van der Waals surface area (Å²) in [5.41, 5.74) is -5.60. The molecule has 0 unspecified atom stereocenters. The van der Waals surface area contributed by atoms with E-state index in [0.29, 0.717) is 24.8 Å². The lowest BCUT2D eigenvalue weighted by Crippen LogP contribution is -2.66. The van der Waals surface area contributed by atoms with E-state index in [1.54, 1.807) is 13.8 Å². The summed E-state index contributed by atoms with van der Waals surface area (Å²) in [4.78, 5) is 25.4. The van der Waals surface area contributed by atoms with Crippen molar-refractivity contribution in [2.45, 2.75) is 128 Å². The van der Waals surface area contributed by atoms with Crippen LogP contribution in [0.15, 0.2) is 11.6 Å². The number of hydrogen-bond acceptors (Lipinski definition) is 9. The lowest BCUT2D eigenvalue weighted by molar-refractivity contribution is -0.311. The zero-order valence-corrected chi connectivity index (χ0v) is 23.5. The Morgan fingerprint density at radius 2 is 1.66 bits per heavy atom. The molecular weight excluding hydrogens is 492 g/mol. The summed E-state index contributed by atoms with van der Waals surface area (Å²) >= 11 is 0. The highest BCUT2D eigenvalue weighted by atomic mass is 16.7. The number of aliphatic hydroxyl groups is 6. The normalized spacial score (nSPS) is 44.2.